The van der Waals surface area contributed by atoms with Crippen LogP contribution in [0, 0.1) is 11.5 Å². The van der Waals surface area contributed by atoms with Gasteiger partial charge in [0.15, 0.2) is 6.19 Å². The third-order valence-corrected chi connectivity index (χ3v) is 3.80. The molecule has 19 heavy (non-hydrogen) atoms. The summed E-state index contributed by atoms with van der Waals surface area (Å²) in [5, 5.41) is 13.0. The minimum Gasteiger partial charge on any atom is -0.329 e. The van der Waals surface area contributed by atoms with E-state index in [2.05, 4.69) is 29.0 Å². The molecule has 2 heterocycles. The molecule has 0 N–H and O–H groups in total. The number of nitrogens with zero attached hydrogens (tertiary/aromatic N) is 3. The maximum absolute atomic E-state index is 9.47. The molecule has 2 aromatic heterocycles. The van der Waals surface area contributed by atoms with Crippen LogP contribution in [0.2, 0.25) is 0 Å². The SMILES string of the molecule is Cn1c2ccccc2c2c3ccccc3n(C#N)c21. The zero-order chi connectivity index (χ0) is 13.0. The van der Waals surface area contributed by atoms with Gasteiger partial charge in [0.1, 0.15) is 5.65 Å². The molecule has 0 amide bonds. The molecule has 0 saturated carbocycles. The largest absolute Gasteiger partial charge is 0.329 e. The predicted octanol–water partition coefficient (Wildman–Crippen LogP) is 3.62. The average Bonchev–Trinajstić information content (AvgIpc) is 2.94. The topological polar surface area (TPSA) is 33.6 Å². The highest BCUT2D eigenvalue weighted by atomic mass is 15.1. The molecule has 0 spiro atoms. The number of hydrogen-bond acceptors (Lipinski definition) is 1. The van der Waals surface area contributed by atoms with Gasteiger partial charge in [-0.3, -0.25) is 0 Å². The molecule has 0 atom stereocenters. The van der Waals surface area contributed by atoms with Crippen molar-refractivity contribution in [2.75, 3.05) is 0 Å². The van der Waals surface area contributed by atoms with E-state index in [4.69, 9.17) is 0 Å². The Balaban J connectivity index is 2.46. The maximum Gasteiger partial charge on any atom is 0.190 e. The summed E-state index contributed by atoms with van der Waals surface area (Å²) in [7, 11) is 2.01. The van der Waals surface area contributed by atoms with Crippen LogP contribution in [0.15, 0.2) is 48.5 Å². The van der Waals surface area contributed by atoms with E-state index in [1.807, 2.05) is 37.4 Å². The first-order valence-electron chi connectivity index (χ1n) is 6.19. The van der Waals surface area contributed by atoms with Gasteiger partial charge >= 0.3 is 0 Å². The van der Waals surface area contributed by atoms with Gasteiger partial charge in [-0.2, -0.15) is 5.26 Å². The van der Waals surface area contributed by atoms with Crippen LogP contribution in [0.3, 0.4) is 0 Å². The molecule has 4 rings (SSSR count). The fourth-order valence-electron chi connectivity index (χ4n) is 3.00. The number of benzene rings is 2. The molecule has 0 unspecified atom stereocenters. The molecule has 3 nitrogen and oxygen atoms in total. The first-order valence-corrected chi connectivity index (χ1v) is 6.19. The fourth-order valence-corrected chi connectivity index (χ4v) is 3.00. The van der Waals surface area contributed by atoms with Gasteiger partial charge in [0.2, 0.25) is 0 Å². The molecule has 2 aromatic carbocycles. The standard InChI is InChI=1S/C16H11N3/c1-18-13-8-4-2-6-11(13)15-12-7-3-5-9-14(12)19(10-17)16(15)18/h2-9H,1H3. The Kier molecular flexibility index (Phi) is 1.82. The van der Waals surface area contributed by atoms with Crippen molar-refractivity contribution in [3.63, 3.8) is 0 Å². The molecule has 0 aliphatic heterocycles. The van der Waals surface area contributed by atoms with Gasteiger partial charge in [0.25, 0.3) is 0 Å². The normalized spacial score (nSPS) is 11.4. The van der Waals surface area contributed by atoms with Crippen LogP contribution in [0.25, 0.3) is 32.8 Å². The Hall–Kier alpha value is -2.73. The van der Waals surface area contributed by atoms with Crippen molar-refractivity contribution in [1.82, 2.24) is 9.13 Å². The van der Waals surface area contributed by atoms with E-state index in [0.29, 0.717) is 0 Å². The van der Waals surface area contributed by atoms with Crippen molar-refractivity contribution in [3.8, 4) is 6.19 Å². The van der Waals surface area contributed by atoms with E-state index in [1.54, 1.807) is 4.57 Å². The summed E-state index contributed by atoms with van der Waals surface area (Å²) in [6.07, 6.45) is 2.29. The molecule has 0 radical (unpaired) electrons. The predicted molar refractivity (Wildman–Crippen MR) is 76.9 cm³/mol. The molecule has 0 bridgehead atoms. The first-order chi connectivity index (χ1) is 9.33. The summed E-state index contributed by atoms with van der Waals surface area (Å²) in [5.41, 5.74) is 3.09. The Labute approximate surface area is 109 Å². The van der Waals surface area contributed by atoms with E-state index in [0.717, 1.165) is 27.5 Å². The Morgan fingerprint density at radius 3 is 2.16 bits per heavy atom. The fraction of sp³-hybridized carbons (Fsp3) is 0.0625. The highest BCUT2D eigenvalue weighted by Crippen LogP contribution is 2.35. The average molecular weight is 245 g/mol. The molecule has 3 heteroatoms. The zero-order valence-corrected chi connectivity index (χ0v) is 10.5. The molecule has 0 aliphatic rings. The van der Waals surface area contributed by atoms with Crippen molar-refractivity contribution in [1.29, 1.82) is 5.26 Å². The van der Waals surface area contributed by atoms with E-state index in [1.165, 1.54) is 5.39 Å². The number of hydrogen-bond donors (Lipinski definition) is 0. The van der Waals surface area contributed by atoms with Gasteiger partial charge in [-0.05, 0) is 12.1 Å². The summed E-state index contributed by atoms with van der Waals surface area (Å²) in [6, 6.07) is 16.3. The lowest BCUT2D eigenvalue weighted by atomic mass is 10.1. The van der Waals surface area contributed by atoms with Crippen molar-refractivity contribution in [3.05, 3.63) is 48.5 Å². The molecule has 4 aromatic rings. The van der Waals surface area contributed by atoms with Gasteiger partial charge in [-0.25, -0.2) is 4.57 Å². The number of aryl methyl sites for hydroxylation is 1. The monoisotopic (exact) mass is 245 g/mol. The number of fused-ring (bicyclic) bond motifs is 5. The highest BCUT2D eigenvalue weighted by Gasteiger charge is 2.17. The van der Waals surface area contributed by atoms with Crippen molar-refractivity contribution in [2.24, 2.45) is 7.05 Å². The summed E-state index contributed by atoms with van der Waals surface area (Å²) in [4.78, 5) is 0. The van der Waals surface area contributed by atoms with Gasteiger partial charge in [0.05, 0.1) is 11.0 Å². The second-order valence-corrected chi connectivity index (χ2v) is 4.73. The molecule has 90 valence electrons. The van der Waals surface area contributed by atoms with Crippen LogP contribution in [0.4, 0.5) is 0 Å². The van der Waals surface area contributed by atoms with Gasteiger partial charge in [-0.1, -0.05) is 36.4 Å². The van der Waals surface area contributed by atoms with Gasteiger partial charge < -0.3 is 4.57 Å². The van der Waals surface area contributed by atoms with Crippen molar-refractivity contribution >= 4 is 32.8 Å². The maximum atomic E-state index is 9.47. The first kappa shape index (κ1) is 10.2. The smallest absolute Gasteiger partial charge is 0.190 e. The molecule has 0 fully saturated rings. The number of nitriles is 1. The van der Waals surface area contributed by atoms with Crippen LogP contribution in [-0.4, -0.2) is 9.13 Å². The van der Waals surface area contributed by atoms with Crippen LogP contribution in [0.1, 0.15) is 0 Å². The lowest BCUT2D eigenvalue weighted by Gasteiger charge is -2.00. The molecular weight excluding hydrogens is 234 g/mol. The van der Waals surface area contributed by atoms with Crippen LogP contribution < -0.4 is 0 Å². The molecule has 0 saturated heterocycles. The molecule has 0 aliphatic carbocycles. The summed E-state index contributed by atoms with van der Waals surface area (Å²) in [6.45, 7) is 0. The number of rotatable bonds is 0. The lowest BCUT2D eigenvalue weighted by Crippen LogP contribution is -1.95. The quantitative estimate of drug-likeness (QED) is 0.466. The summed E-state index contributed by atoms with van der Waals surface area (Å²) >= 11 is 0. The van der Waals surface area contributed by atoms with Gasteiger partial charge in [0, 0.05) is 23.2 Å². The third-order valence-electron chi connectivity index (χ3n) is 3.80. The Morgan fingerprint density at radius 2 is 1.47 bits per heavy atom. The minimum atomic E-state index is 0.963. The highest BCUT2D eigenvalue weighted by molar-refractivity contribution is 6.21. The van der Waals surface area contributed by atoms with Crippen LogP contribution in [-0.2, 0) is 7.05 Å². The van der Waals surface area contributed by atoms with Crippen molar-refractivity contribution < 1.29 is 0 Å². The minimum absolute atomic E-state index is 0.963. The second-order valence-electron chi connectivity index (χ2n) is 4.73. The van der Waals surface area contributed by atoms with Crippen molar-refractivity contribution in [2.45, 2.75) is 0 Å². The Bertz CT molecular complexity index is 980. The summed E-state index contributed by atoms with van der Waals surface area (Å²) < 4.78 is 3.80. The van der Waals surface area contributed by atoms with E-state index < -0.39 is 0 Å². The zero-order valence-electron chi connectivity index (χ0n) is 10.5. The van der Waals surface area contributed by atoms with Crippen LogP contribution in [0.5, 0.6) is 0 Å². The van der Waals surface area contributed by atoms with E-state index >= 15 is 0 Å². The third kappa shape index (κ3) is 1.11. The van der Waals surface area contributed by atoms with Crippen LogP contribution >= 0.6 is 0 Å². The van der Waals surface area contributed by atoms with E-state index in [9.17, 15) is 5.26 Å². The number of aromatic nitrogens is 2. The van der Waals surface area contributed by atoms with Gasteiger partial charge in [-0.15, -0.1) is 0 Å². The van der Waals surface area contributed by atoms with E-state index in [-0.39, 0.29) is 0 Å². The molecular formula is C16H11N3. The number of para-hydroxylation sites is 2. The summed E-state index contributed by atoms with van der Waals surface area (Å²) in [5.74, 6) is 0. The second kappa shape index (κ2) is 3.39. The lowest BCUT2D eigenvalue weighted by molar-refractivity contribution is 0.967. The Morgan fingerprint density at radius 1 is 0.895 bits per heavy atom.